The number of unbranched alkanes of at least 4 members (excludes halogenated alkanes) is 1. The summed E-state index contributed by atoms with van der Waals surface area (Å²) in [5.41, 5.74) is 0. The molecular formula is C14H28O6S. The summed E-state index contributed by atoms with van der Waals surface area (Å²) in [7, 11) is -1.46. The highest BCUT2D eigenvalue weighted by Gasteiger charge is 2.33. The fraction of sp³-hybridized carbons (Fsp3) is 0.929. The van der Waals surface area contributed by atoms with Gasteiger partial charge in [0.2, 0.25) is 0 Å². The zero-order chi connectivity index (χ0) is 16.1. The molecule has 1 N–H and O–H groups in total. The van der Waals surface area contributed by atoms with Crippen LogP contribution in [-0.2, 0) is 29.8 Å². The van der Waals surface area contributed by atoms with Crippen molar-refractivity contribution < 1.29 is 28.3 Å². The number of rotatable bonds is 14. The summed E-state index contributed by atoms with van der Waals surface area (Å²) in [6.07, 6.45) is 2.18. The van der Waals surface area contributed by atoms with Gasteiger partial charge in [0.15, 0.2) is 0 Å². The molecule has 0 spiro atoms. The van der Waals surface area contributed by atoms with E-state index in [9.17, 15) is 9.00 Å². The van der Waals surface area contributed by atoms with E-state index in [1.807, 2.05) is 0 Å². The number of aliphatic carboxylic acids is 1. The number of ether oxygens (including phenoxy) is 3. The molecule has 0 radical (unpaired) electrons. The summed E-state index contributed by atoms with van der Waals surface area (Å²) < 4.78 is 26.4. The zero-order valence-corrected chi connectivity index (χ0v) is 14.1. The van der Waals surface area contributed by atoms with Gasteiger partial charge in [-0.1, -0.05) is 13.3 Å². The molecule has 0 heterocycles. The molecule has 21 heavy (non-hydrogen) atoms. The quantitative estimate of drug-likeness (QED) is 0.487. The summed E-state index contributed by atoms with van der Waals surface area (Å²) in [5, 5.41) is 8.92. The van der Waals surface area contributed by atoms with Crippen molar-refractivity contribution in [1.29, 1.82) is 0 Å². The van der Waals surface area contributed by atoms with Crippen molar-refractivity contribution in [2.24, 2.45) is 0 Å². The van der Waals surface area contributed by atoms with Crippen LogP contribution in [0.15, 0.2) is 0 Å². The fourth-order valence-corrected chi connectivity index (χ4v) is 2.25. The SMILES string of the molecule is CCCCOCCOCCOCCS(=O)C(C)(C)C(=O)O. The Morgan fingerprint density at radius 3 is 1.95 bits per heavy atom. The first-order valence-electron chi connectivity index (χ1n) is 7.28. The van der Waals surface area contributed by atoms with Crippen LogP contribution in [0.5, 0.6) is 0 Å². The number of hydrogen-bond donors (Lipinski definition) is 1. The maximum atomic E-state index is 11.8. The molecule has 0 aromatic heterocycles. The Balaban J connectivity index is 3.41. The summed E-state index contributed by atoms with van der Waals surface area (Å²) in [4.78, 5) is 10.9. The van der Waals surface area contributed by atoms with Crippen molar-refractivity contribution in [1.82, 2.24) is 0 Å². The Morgan fingerprint density at radius 1 is 1.00 bits per heavy atom. The van der Waals surface area contributed by atoms with Gasteiger partial charge < -0.3 is 19.3 Å². The summed E-state index contributed by atoms with van der Waals surface area (Å²) in [6.45, 7) is 8.01. The van der Waals surface area contributed by atoms with Crippen LogP contribution in [0.2, 0.25) is 0 Å². The van der Waals surface area contributed by atoms with Crippen molar-refractivity contribution in [2.75, 3.05) is 45.4 Å². The maximum absolute atomic E-state index is 11.8. The summed E-state index contributed by atoms with van der Waals surface area (Å²) in [5.74, 6) is -0.855. The highest BCUT2D eigenvalue weighted by Crippen LogP contribution is 2.13. The lowest BCUT2D eigenvalue weighted by Gasteiger charge is -2.18. The third kappa shape index (κ3) is 9.95. The van der Waals surface area contributed by atoms with Gasteiger partial charge in [-0.05, 0) is 20.3 Å². The van der Waals surface area contributed by atoms with Crippen molar-refractivity contribution >= 4 is 16.8 Å². The molecule has 0 aliphatic carbocycles. The maximum Gasteiger partial charge on any atom is 0.321 e. The molecule has 7 heteroatoms. The van der Waals surface area contributed by atoms with Gasteiger partial charge in [-0.15, -0.1) is 0 Å². The first-order chi connectivity index (χ1) is 9.92. The van der Waals surface area contributed by atoms with Crippen LogP contribution < -0.4 is 0 Å². The number of carboxylic acids is 1. The normalized spacial score (nSPS) is 13.3. The van der Waals surface area contributed by atoms with Gasteiger partial charge in [-0.2, -0.15) is 0 Å². The highest BCUT2D eigenvalue weighted by molar-refractivity contribution is 7.87. The van der Waals surface area contributed by atoms with Gasteiger partial charge in [0.25, 0.3) is 0 Å². The van der Waals surface area contributed by atoms with Gasteiger partial charge in [0, 0.05) is 23.2 Å². The second kappa shape index (κ2) is 12.1. The number of hydrogen-bond acceptors (Lipinski definition) is 5. The standard InChI is InChI=1S/C14H28O6S/c1-4-5-6-18-7-8-19-9-10-20-11-12-21(17)14(2,3)13(15)16/h4-12H2,1-3H3,(H,15,16). The predicted molar refractivity (Wildman–Crippen MR) is 82.1 cm³/mol. The Bertz CT molecular complexity index is 306. The summed E-state index contributed by atoms with van der Waals surface area (Å²) in [6, 6.07) is 0. The van der Waals surface area contributed by atoms with Crippen LogP contribution in [0.25, 0.3) is 0 Å². The van der Waals surface area contributed by atoms with Crippen LogP contribution in [-0.4, -0.2) is 65.4 Å². The topological polar surface area (TPSA) is 82.1 Å². The van der Waals surface area contributed by atoms with Gasteiger partial charge in [0.1, 0.15) is 4.75 Å². The van der Waals surface area contributed by atoms with E-state index in [-0.39, 0.29) is 12.4 Å². The Morgan fingerprint density at radius 2 is 1.48 bits per heavy atom. The lowest BCUT2D eigenvalue weighted by molar-refractivity contribution is -0.139. The average molecular weight is 324 g/mol. The molecule has 0 aromatic rings. The van der Waals surface area contributed by atoms with Crippen molar-refractivity contribution in [3.05, 3.63) is 0 Å². The molecule has 0 aliphatic rings. The second-order valence-electron chi connectivity index (χ2n) is 5.06. The van der Waals surface area contributed by atoms with Gasteiger partial charge in [-0.3, -0.25) is 9.00 Å². The largest absolute Gasteiger partial charge is 0.480 e. The third-order valence-electron chi connectivity index (χ3n) is 2.88. The Labute approximate surface area is 129 Å². The van der Waals surface area contributed by atoms with E-state index in [0.717, 1.165) is 19.4 Å². The Kier molecular flexibility index (Phi) is 11.8. The minimum atomic E-state index is -1.46. The predicted octanol–water partition coefficient (Wildman–Crippen LogP) is 1.45. The molecular weight excluding hydrogens is 296 g/mol. The second-order valence-corrected chi connectivity index (χ2v) is 7.18. The first-order valence-corrected chi connectivity index (χ1v) is 8.60. The van der Waals surface area contributed by atoms with Gasteiger partial charge in [0.05, 0.1) is 33.0 Å². The first kappa shape index (κ1) is 20.5. The molecule has 0 amide bonds. The lowest BCUT2D eigenvalue weighted by Crippen LogP contribution is -2.38. The van der Waals surface area contributed by atoms with E-state index >= 15 is 0 Å². The smallest absolute Gasteiger partial charge is 0.321 e. The van der Waals surface area contributed by atoms with E-state index in [0.29, 0.717) is 26.4 Å². The molecule has 0 aliphatic heterocycles. The van der Waals surface area contributed by atoms with Crippen LogP contribution in [0.3, 0.4) is 0 Å². The van der Waals surface area contributed by atoms with Crippen molar-refractivity contribution in [3.63, 3.8) is 0 Å². The number of carbonyl (C=O) groups is 1. The Hall–Kier alpha value is -0.500. The third-order valence-corrected chi connectivity index (χ3v) is 4.73. The monoisotopic (exact) mass is 324 g/mol. The average Bonchev–Trinajstić information content (AvgIpc) is 2.44. The number of carboxylic acid groups (broad SMARTS) is 1. The minimum Gasteiger partial charge on any atom is -0.480 e. The van der Waals surface area contributed by atoms with Crippen LogP contribution in [0.1, 0.15) is 33.6 Å². The molecule has 126 valence electrons. The molecule has 1 atom stereocenters. The van der Waals surface area contributed by atoms with E-state index in [1.165, 1.54) is 13.8 Å². The lowest BCUT2D eigenvalue weighted by atomic mass is 10.2. The highest BCUT2D eigenvalue weighted by atomic mass is 32.2. The molecule has 0 saturated heterocycles. The van der Waals surface area contributed by atoms with Gasteiger partial charge in [-0.25, -0.2) is 0 Å². The van der Waals surface area contributed by atoms with Crippen molar-refractivity contribution in [3.8, 4) is 0 Å². The molecule has 0 rings (SSSR count). The molecule has 1 unspecified atom stereocenters. The zero-order valence-electron chi connectivity index (χ0n) is 13.3. The van der Waals surface area contributed by atoms with Gasteiger partial charge >= 0.3 is 5.97 Å². The van der Waals surface area contributed by atoms with Crippen LogP contribution in [0, 0.1) is 0 Å². The fourth-order valence-electron chi connectivity index (χ4n) is 1.28. The molecule has 0 saturated carbocycles. The molecule has 0 fully saturated rings. The molecule has 0 aromatic carbocycles. The van der Waals surface area contributed by atoms with Crippen molar-refractivity contribution in [2.45, 2.75) is 38.4 Å². The van der Waals surface area contributed by atoms with Crippen LogP contribution in [0.4, 0.5) is 0 Å². The molecule has 6 nitrogen and oxygen atoms in total. The molecule has 0 bridgehead atoms. The minimum absolute atomic E-state index is 0.208. The van der Waals surface area contributed by atoms with E-state index in [2.05, 4.69) is 6.92 Å². The van der Waals surface area contributed by atoms with E-state index in [4.69, 9.17) is 19.3 Å². The summed E-state index contributed by atoms with van der Waals surface area (Å²) >= 11 is 0. The van der Waals surface area contributed by atoms with E-state index in [1.54, 1.807) is 0 Å². The van der Waals surface area contributed by atoms with E-state index < -0.39 is 21.5 Å². The van der Waals surface area contributed by atoms with Crippen LogP contribution >= 0.6 is 0 Å².